The van der Waals surface area contributed by atoms with Crippen LogP contribution in [0.15, 0.2) is 36.5 Å². The van der Waals surface area contributed by atoms with E-state index in [1.165, 1.54) is 0 Å². The van der Waals surface area contributed by atoms with E-state index in [-0.39, 0.29) is 0 Å². The van der Waals surface area contributed by atoms with Crippen molar-refractivity contribution in [3.63, 3.8) is 0 Å². The Labute approximate surface area is 122 Å². The van der Waals surface area contributed by atoms with Crippen LogP contribution in [0.4, 0.5) is 0 Å². The number of aliphatic hydroxyl groups is 1. The van der Waals surface area contributed by atoms with Gasteiger partial charge in [-0.05, 0) is 43.7 Å². The van der Waals surface area contributed by atoms with Gasteiger partial charge in [0.2, 0.25) is 5.88 Å². The van der Waals surface area contributed by atoms with Gasteiger partial charge in [0.25, 0.3) is 0 Å². The van der Waals surface area contributed by atoms with Crippen LogP contribution >= 0.6 is 0 Å². The largest absolute Gasteiger partial charge is 0.478 e. The Morgan fingerprint density at radius 3 is 2.95 bits per heavy atom. The third-order valence-corrected chi connectivity index (χ3v) is 3.26. The fourth-order valence-corrected chi connectivity index (χ4v) is 2.26. The van der Waals surface area contributed by atoms with Crippen molar-refractivity contribution in [2.45, 2.75) is 20.0 Å². The molecule has 0 saturated carbocycles. The minimum atomic E-state index is -0.613. The van der Waals surface area contributed by atoms with E-state index in [4.69, 9.17) is 4.74 Å². The Kier molecular flexibility index (Phi) is 3.58. The predicted molar refractivity (Wildman–Crippen MR) is 81.1 cm³/mol. The summed E-state index contributed by atoms with van der Waals surface area (Å²) >= 11 is 0. The highest BCUT2D eigenvalue weighted by Gasteiger charge is 2.11. The van der Waals surface area contributed by atoms with Crippen molar-refractivity contribution < 1.29 is 9.84 Å². The van der Waals surface area contributed by atoms with Crippen LogP contribution in [0.25, 0.3) is 22.2 Å². The van der Waals surface area contributed by atoms with Crippen molar-refractivity contribution in [2.75, 3.05) is 6.61 Å². The van der Waals surface area contributed by atoms with Gasteiger partial charge in [-0.25, -0.2) is 9.97 Å². The van der Waals surface area contributed by atoms with Crippen molar-refractivity contribution >= 4 is 11.0 Å². The van der Waals surface area contributed by atoms with E-state index in [1.807, 2.05) is 37.3 Å². The average Bonchev–Trinajstić information content (AvgIpc) is 2.91. The van der Waals surface area contributed by atoms with Gasteiger partial charge in [0.15, 0.2) is 0 Å². The summed E-state index contributed by atoms with van der Waals surface area (Å²) in [5.41, 5.74) is 3.65. The molecule has 0 saturated heterocycles. The van der Waals surface area contributed by atoms with Crippen molar-refractivity contribution in [3.05, 3.63) is 42.4 Å². The van der Waals surface area contributed by atoms with E-state index < -0.39 is 6.10 Å². The summed E-state index contributed by atoms with van der Waals surface area (Å²) in [7, 11) is 0. The van der Waals surface area contributed by atoms with Crippen molar-refractivity contribution in [1.29, 1.82) is 0 Å². The molecule has 2 heterocycles. The van der Waals surface area contributed by atoms with Gasteiger partial charge in [-0.2, -0.15) is 0 Å². The molecule has 0 aliphatic carbocycles. The zero-order valence-corrected chi connectivity index (χ0v) is 12.0. The summed E-state index contributed by atoms with van der Waals surface area (Å²) in [6, 6.07) is 9.76. The topological polar surface area (TPSA) is 71.0 Å². The van der Waals surface area contributed by atoms with Crippen LogP contribution in [0.2, 0.25) is 0 Å². The maximum atomic E-state index is 9.60. The number of nitrogens with one attached hydrogen (secondary N) is 1. The summed E-state index contributed by atoms with van der Waals surface area (Å²) in [6.45, 7) is 4.20. The van der Waals surface area contributed by atoms with E-state index in [9.17, 15) is 5.11 Å². The number of aliphatic hydroxyl groups excluding tert-OH is 1. The minimum Gasteiger partial charge on any atom is -0.478 e. The first-order valence-electron chi connectivity index (χ1n) is 6.95. The van der Waals surface area contributed by atoms with Gasteiger partial charge in [0, 0.05) is 11.8 Å². The molecule has 0 bridgehead atoms. The van der Waals surface area contributed by atoms with Crippen molar-refractivity contribution in [2.24, 2.45) is 0 Å². The fraction of sp³-hybridized carbons (Fsp3) is 0.250. The van der Waals surface area contributed by atoms with E-state index >= 15 is 0 Å². The third kappa shape index (κ3) is 2.60. The molecule has 2 N–H and O–H groups in total. The smallest absolute Gasteiger partial charge is 0.221 e. The van der Waals surface area contributed by atoms with E-state index in [1.54, 1.807) is 13.1 Å². The number of ether oxygens (including phenoxy) is 1. The molecule has 108 valence electrons. The van der Waals surface area contributed by atoms with Crippen LogP contribution in [-0.4, -0.2) is 26.7 Å². The van der Waals surface area contributed by atoms with Crippen LogP contribution in [0.3, 0.4) is 0 Å². The molecule has 21 heavy (non-hydrogen) atoms. The number of aromatic nitrogens is 3. The van der Waals surface area contributed by atoms with Gasteiger partial charge in [-0.3, -0.25) is 0 Å². The van der Waals surface area contributed by atoms with Crippen LogP contribution in [-0.2, 0) is 0 Å². The van der Waals surface area contributed by atoms with E-state index in [0.717, 1.165) is 22.2 Å². The summed E-state index contributed by atoms with van der Waals surface area (Å²) in [4.78, 5) is 11.8. The molecular weight excluding hydrogens is 266 g/mol. The Morgan fingerprint density at radius 1 is 1.33 bits per heavy atom. The fourth-order valence-electron chi connectivity index (χ4n) is 2.26. The SMILES string of the molecule is CCOc1ncccc1-c1ccc2nc(C(C)O)[nH]c2c1. The number of H-pyrrole nitrogens is 1. The molecule has 0 radical (unpaired) electrons. The number of pyridine rings is 1. The maximum absolute atomic E-state index is 9.60. The normalized spacial score (nSPS) is 12.5. The van der Waals surface area contributed by atoms with Gasteiger partial charge in [0.1, 0.15) is 11.9 Å². The Bertz CT molecular complexity index is 765. The molecule has 0 aliphatic rings. The highest BCUT2D eigenvalue weighted by molar-refractivity contribution is 5.83. The number of rotatable bonds is 4. The summed E-state index contributed by atoms with van der Waals surface area (Å²) < 4.78 is 5.57. The number of fused-ring (bicyclic) bond motifs is 1. The molecule has 2 aromatic heterocycles. The number of nitrogens with zero attached hydrogens (tertiary/aromatic N) is 2. The molecule has 1 atom stereocenters. The van der Waals surface area contributed by atoms with Gasteiger partial charge in [-0.1, -0.05) is 6.07 Å². The van der Waals surface area contributed by atoms with Crippen LogP contribution < -0.4 is 4.74 Å². The Balaban J connectivity index is 2.08. The lowest BCUT2D eigenvalue weighted by Crippen LogP contribution is -1.96. The second-order valence-corrected chi connectivity index (χ2v) is 4.82. The zero-order valence-electron chi connectivity index (χ0n) is 12.0. The molecular formula is C16H17N3O2. The first-order chi connectivity index (χ1) is 10.2. The predicted octanol–water partition coefficient (Wildman–Crippen LogP) is 3.08. The Hall–Kier alpha value is -2.40. The van der Waals surface area contributed by atoms with Crippen molar-refractivity contribution in [1.82, 2.24) is 15.0 Å². The highest BCUT2D eigenvalue weighted by Crippen LogP contribution is 2.30. The quantitative estimate of drug-likeness (QED) is 0.772. The Morgan fingerprint density at radius 2 is 2.19 bits per heavy atom. The number of hydrogen-bond acceptors (Lipinski definition) is 4. The third-order valence-electron chi connectivity index (χ3n) is 3.26. The standard InChI is InChI=1S/C16H17N3O2/c1-3-21-16-12(5-4-8-17-16)11-6-7-13-14(9-11)19-15(18-13)10(2)20/h4-10,20H,3H2,1-2H3,(H,18,19). The maximum Gasteiger partial charge on any atom is 0.221 e. The lowest BCUT2D eigenvalue weighted by atomic mass is 10.1. The zero-order chi connectivity index (χ0) is 14.8. The highest BCUT2D eigenvalue weighted by atomic mass is 16.5. The average molecular weight is 283 g/mol. The molecule has 1 unspecified atom stereocenters. The molecule has 5 heteroatoms. The van der Waals surface area contributed by atoms with Gasteiger partial charge in [0.05, 0.1) is 17.6 Å². The molecule has 0 aliphatic heterocycles. The number of hydrogen-bond donors (Lipinski definition) is 2. The van der Waals surface area contributed by atoms with E-state index in [0.29, 0.717) is 18.3 Å². The number of aromatic amines is 1. The number of imidazole rings is 1. The monoisotopic (exact) mass is 283 g/mol. The molecule has 0 amide bonds. The lowest BCUT2D eigenvalue weighted by molar-refractivity contribution is 0.190. The second-order valence-electron chi connectivity index (χ2n) is 4.82. The second kappa shape index (κ2) is 5.54. The molecule has 1 aromatic carbocycles. The van der Waals surface area contributed by atoms with Crippen LogP contribution in [0.5, 0.6) is 5.88 Å². The van der Waals surface area contributed by atoms with Gasteiger partial charge in [-0.15, -0.1) is 0 Å². The molecule has 3 aromatic rings. The summed E-state index contributed by atoms with van der Waals surface area (Å²) in [6.07, 6.45) is 1.10. The van der Waals surface area contributed by atoms with Crippen molar-refractivity contribution in [3.8, 4) is 17.0 Å². The number of benzene rings is 1. The molecule has 3 rings (SSSR count). The molecule has 0 spiro atoms. The summed E-state index contributed by atoms with van der Waals surface area (Å²) in [5.74, 6) is 1.19. The minimum absolute atomic E-state index is 0.568. The summed E-state index contributed by atoms with van der Waals surface area (Å²) in [5, 5.41) is 9.60. The van der Waals surface area contributed by atoms with Crippen LogP contribution in [0.1, 0.15) is 25.8 Å². The van der Waals surface area contributed by atoms with Gasteiger partial charge >= 0.3 is 0 Å². The molecule has 5 nitrogen and oxygen atoms in total. The lowest BCUT2D eigenvalue weighted by Gasteiger charge is -2.08. The van der Waals surface area contributed by atoms with Gasteiger partial charge < -0.3 is 14.8 Å². The molecule has 0 fully saturated rings. The first kappa shape index (κ1) is 13.6. The van der Waals surface area contributed by atoms with E-state index in [2.05, 4.69) is 15.0 Å². The van der Waals surface area contributed by atoms with Crippen LogP contribution in [0, 0.1) is 0 Å². The first-order valence-corrected chi connectivity index (χ1v) is 6.95.